The van der Waals surface area contributed by atoms with Gasteiger partial charge in [-0.2, -0.15) is 0 Å². The maximum absolute atomic E-state index is 13.2. The van der Waals surface area contributed by atoms with Crippen molar-refractivity contribution in [1.82, 2.24) is 15.8 Å². The van der Waals surface area contributed by atoms with Crippen molar-refractivity contribution in [2.45, 2.75) is 58.4 Å². The number of aromatic nitrogens is 1. The number of rotatable bonds is 7. The van der Waals surface area contributed by atoms with Gasteiger partial charge in [-0.05, 0) is 88.1 Å². The summed E-state index contributed by atoms with van der Waals surface area (Å²) in [6, 6.07) is 1.83. The monoisotopic (exact) mass is 415 g/mol. The largest absolute Gasteiger partial charge is 0.465 e. The minimum absolute atomic E-state index is 0.0190. The molecule has 164 valence electrons. The Morgan fingerprint density at radius 3 is 2.60 bits per heavy atom. The quantitative estimate of drug-likeness (QED) is 0.665. The summed E-state index contributed by atoms with van der Waals surface area (Å²) in [5.74, 6) is 1.31. The van der Waals surface area contributed by atoms with Crippen LogP contribution in [0.1, 0.15) is 56.4 Å². The molecule has 2 N–H and O–H groups in total. The first-order valence-electron chi connectivity index (χ1n) is 11.7. The second-order valence-corrected chi connectivity index (χ2v) is 9.87. The number of amides is 1. The van der Waals surface area contributed by atoms with Crippen molar-refractivity contribution in [2.24, 2.45) is 35.0 Å². The standard InChI is InChI=1S/C23H33N3O4/c1-14-12-16(26-30-14)13-25-21(27)19-17-2-3-18(23(17)7-8-23)20(19)22(28)29-11-6-15-4-9-24-10-5-15/h12,15,17-20,24H,2-11,13H2,1H3,(H,25,27)/t17-,18+,19+,20+/m0/s1. The summed E-state index contributed by atoms with van der Waals surface area (Å²) >= 11 is 0. The van der Waals surface area contributed by atoms with E-state index in [1.165, 1.54) is 0 Å². The zero-order valence-corrected chi connectivity index (χ0v) is 17.8. The number of piperidine rings is 1. The molecule has 2 bridgehead atoms. The molecule has 0 unspecified atom stereocenters. The Balaban J connectivity index is 1.22. The molecule has 1 aliphatic heterocycles. The van der Waals surface area contributed by atoms with Crippen LogP contribution in [0.25, 0.3) is 0 Å². The van der Waals surface area contributed by atoms with Crippen LogP contribution in [0, 0.1) is 41.9 Å². The average molecular weight is 416 g/mol. The van der Waals surface area contributed by atoms with Gasteiger partial charge in [0.15, 0.2) is 0 Å². The number of carbonyl (C=O) groups excluding carboxylic acids is 2. The highest BCUT2D eigenvalue weighted by atomic mass is 16.5. The second-order valence-electron chi connectivity index (χ2n) is 9.87. The number of carbonyl (C=O) groups is 2. The van der Waals surface area contributed by atoms with Crippen molar-refractivity contribution < 1.29 is 18.8 Å². The first-order valence-corrected chi connectivity index (χ1v) is 11.7. The molecule has 1 aromatic heterocycles. The van der Waals surface area contributed by atoms with Gasteiger partial charge in [0.25, 0.3) is 0 Å². The maximum Gasteiger partial charge on any atom is 0.310 e. The summed E-state index contributed by atoms with van der Waals surface area (Å²) < 4.78 is 10.9. The molecule has 4 fully saturated rings. The SMILES string of the molecule is Cc1cc(CNC(=O)[C@H]2[C@H](C(=O)OCCC3CCNCC3)[C@H]3CC[C@@H]2C32CC2)no1. The molecule has 3 saturated carbocycles. The number of aryl methyl sites for hydroxylation is 1. The third-order valence-corrected chi connectivity index (χ3v) is 8.27. The molecule has 0 radical (unpaired) electrons. The van der Waals surface area contributed by atoms with E-state index in [0.29, 0.717) is 36.6 Å². The van der Waals surface area contributed by atoms with Crippen LogP contribution >= 0.6 is 0 Å². The fraction of sp³-hybridized carbons (Fsp3) is 0.783. The Labute approximate surface area is 177 Å². The van der Waals surface area contributed by atoms with Crippen molar-refractivity contribution in [3.8, 4) is 0 Å². The number of nitrogens with one attached hydrogen (secondary N) is 2. The van der Waals surface area contributed by atoms with Crippen LogP contribution in [-0.2, 0) is 20.9 Å². The van der Waals surface area contributed by atoms with E-state index < -0.39 is 0 Å². The van der Waals surface area contributed by atoms with Gasteiger partial charge < -0.3 is 19.9 Å². The van der Waals surface area contributed by atoms with Gasteiger partial charge in [0.05, 0.1) is 25.0 Å². The highest BCUT2D eigenvalue weighted by molar-refractivity contribution is 5.87. The maximum atomic E-state index is 13.2. The summed E-state index contributed by atoms with van der Waals surface area (Å²) in [4.78, 5) is 26.3. The molecule has 1 amide bonds. The molecule has 1 spiro atoms. The molecular weight excluding hydrogens is 382 g/mol. The molecule has 4 atom stereocenters. The highest BCUT2D eigenvalue weighted by Crippen LogP contribution is 2.74. The highest BCUT2D eigenvalue weighted by Gasteiger charge is 2.71. The average Bonchev–Trinajstić information content (AvgIpc) is 3.24. The molecule has 1 aromatic rings. The van der Waals surface area contributed by atoms with Crippen molar-refractivity contribution in [3.05, 3.63) is 17.5 Å². The number of hydrogen-bond donors (Lipinski definition) is 2. The van der Waals surface area contributed by atoms with Crippen LogP contribution < -0.4 is 10.6 Å². The molecule has 30 heavy (non-hydrogen) atoms. The van der Waals surface area contributed by atoms with Crippen LogP contribution in [0.4, 0.5) is 0 Å². The van der Waals surface area contributed by atoms with Gasteiger partial charge in [-0.25, -0.2) is 0 Å². The summed E-state index contributed by atoms with van der Waals surface area (Å²) in [6.45, 7) is 4.77. The van der Waals surface area contributed by atoms with Gasteiger partial charge in [0.1, 0.15) is 11.5 Å². The molecule has 4 aliphatic rings. The first-order chi connectivity index (χ1) is 14.6. The fourth-order valence-corrected chi connectivity index (χ4v) is 6.72. The predicted octanol–water partition coefficient (Wildman–Crippen LogP) is 2.58. The van der Waals surface area contributed by atoms with E-state index in [1.807, 2.05) is 13.0 Å². The number of hydrogen-bond acceptors (Lipinski definition) is 6. The van der Waals surface area contributed by atoms with E-state index in [4.69, 9.17) is 9.26 Å². The van der Waals surface area contributed by atoms with Crippen molar-refractivity contribution >= 4 is 11.9 Å². The number of esters is 1. The Morgan fingerprint density at radius 1 is 1.20 bits per heavy atom. The molecule has 1 saturated heterocycles. The Bertz CT molecular complexity index is 796. The van der Waals surface area contributed by atoms with Gasteiger partial charge in [-0.1, -0.05) is 5.16 Å². The van der Waals surface area contributed by atoms with Crippen molar-refractivity contribution in [2.75, 3.05) is 19.7 Å². The van der Waals surface area contributed by atoms with Gasteiger partial charge in [0, 0.05) is 6.07 Å². The lowest BCUT2D eigenvalue weighted by molar-refractivity contribution is -0.156. The fourth-order valence-electron chi connectivity index (χ4n) is 6.72. The minimum Gasteiger partial charge on any atom is -0.465 e. The second kappa shape index (κ2) is 7.98. The van der Waals surface area contributed by atoms with E-state index in [1.54, 1.807) is 0 Å². The summed E-state index contributed by atoms with van der Waals surface area (Å²) in [7, 11) is 0. The van der Waals surface area contributed by atoms with Gasteiger partial charge in [-0.3, -0.25) is 9.59 Å². The van der Waals surface area contributed by atoms with E-state index in [-0.39, 0.29) is 29.1 Å². The lowest BCUT2D eigenvalue weighted by Crippen LogP contribution is -2.41. The van der Waals surface area contributed by atoms with Gasteiger partial charge in [-0.15, -0.1) is 0 Å². The number of nitrogens with zero attached hydrogens (tertiary/aromatic N) is 1. The molecule has 2 heterocycles. The normalized spacial score (nSPS) is 31.8. The molecule has 7 nitrogen and oxygen atoms in total. The molecule has 0 aromatic carbocycles. The van der Waals surface area contributed by atoms with Gasteiger partial charge in [0.2, 0.25) is 5.91 Å². The molecular formula is C23H33N3O4. The van der Waals surface area contributed by atoms with E-state index >= 15 is 0 Å². The summed E-state index contributed by atoms with van der Waals surface area (Å²) in [5, 5.41) is 10.4. The topological polar surface area (TPSA) is 93.5 Å². The molecule has 3 aliphatic carbocycles. The van der Waals surface area contributed by atoms with Crippen LogP contribution in [-0.4, -0.2) is 36.7 Å². The first kappa shape index (κ1) is 20.0. The number of ether oxygens (including phenoxy) is 1. The predicted molar refractivity (Wildman–Crippen MR) is 109 cm³/mol. The lowest BCUT2D eigenvalue weighted by atomic mass is 9.78. The summed E-state index contributed by atoms with van der Waals surface area (Å²) in [6.07, 6.45) is 7.68. The van der Waals surface area contributed by atoms with Crippen molar-refractivity contribution in [3.63, 3.8) is 0 Å². The van der Waals surface area contributed by atoms with Crippen LogP contribution in [0.3, 0.4) is 0 Å². The summed E-state index contributed by atoms with van der Waals surface area (Å²) in [5.41, 5.74) is 0.942. The third-order valence-electron chi connectivity index (χ3n) is 8.27. The van der Waals surface area contributed by atoms with Crippen LogP contribution in [0.15, 0.2) is 10.6 Å². The Hall–Kier alpha value is -1.89. The zero-order chi connectivity index (χ0) is 20.7. The molecule has 5 rings (SSSR count). The van der Waals surface area contributed by atoms with E-state index in [9.17, 15) is 9.59 Å². The van der Waals surface area contributed by atoms with Crippen molar-refractivity contribution in [1.29, 1.82) is 0 Å². The van der Waals surface area contributed by atoms with E-state index in [2.05, 4.69) is 15.8 Å². The van der Waals surface area contributed by atoms with Gasteiger partial charge >= 0.3 is 5.97 Å². The smallest absolute Gasteiger partial charge is 0.310 e. The Kier molecular flexibility index (Phi) is 5.33. The minimum atomic E-state index is -0.279. The lowest BCUT2D eigenvalue weighted by Gasteiger charge is -2.29. The zero-order valence-electron chi connectivity index (χ0n) is 17.8. The van der Waals surface area contributed by atoms with Crippen LogP contribution in [0.5, 0.6) is 0 Å². The third kappa shape index (κ3) is 3.55. The Morgan fingerprint density at radius 2 is 1.93 bits per heavy atom. The van der Waals surface area contributed by atoms with E-state index in [0.717, 1.165) is 63.8 Å². The molecule has 7 heteroatoms. The van der Waals surface area contributed by atoms with Crippen LogP contribution in [0.2, 0.25) is 0 Å².